The predicted molar refractivity (Wildman–Crippen MR) is 86.8 cm³/mol. The summed E-state index contributed by atoms with van der Waals surface area (Å²) in [5, 5.41) is 15.4. The van der Waals surface area contributed by atoms with E-state index in [0.29, 0.717) is 35.1 Å². The Bertz CT molecular complexity index is 937. The van der Waals surface area contributed by atoms with Crippen LogP contribution in [0.3, 0.4) is 0 Å². The average Bonchev–Trinajstić information content (AvgIpc) is 3.08. The monoisotopic (exact) mass is 321 g/mol. The summed E-state index contributed by atoms with van der Waals surface area (Å²) < 4.78 is 5.73. The number of rotatable bonds is 2. The lowest BCUT2D eigenvalue weighted by atomic mass is 9.71. The van der Waals surface area contributed by atoms with E-state index in [4.69, 9.17) is 10.2 Å². The molecule has 0 saturated heterocycles. The Balaban J connectivity index is 2.06. The SMILES string of the molecule is CCCc1nc2c(o1)NC(N)=C(C#N)[C@@]21C(=O)Nc2ccccc21. The lowest BCUT2D eigenvalue weighted by Gasteiger charge is -2.30. The van der Waals surface area contributed by atoms with Crippen molar-refractivity contribution in [2.45, 2.75) is 25.2 Å². The van der Waals surface area contributed by atoms with Gasteiger partial charge in [-0.05, 0) is 12.5 Å². The molecular weight excluding hydrogens is 306 g/mol. The number of benzene rings is 1. The number of carbonyl (C=O) groups is 1. The summed E-state index contributed by atoms with van der Waals surface area (Å²) in [5.74, 6) is 0.596. The number of hydrogen-bond donors (Lipinski definition) is 3. The predicted octanol–water partition coefficient (Wildman–Crippen LogP) is 1.98. The highest BCUT2D eigenvalue weighted by atomic mass is 16.4. The second kappa shape index (κ2) is 4.86. The van der Waals surface area contributed by atoms with E-state index in [2.05, 4.69) is 21.7 Å². The molecule has 2 aliphatic rings. The van der Waals surface area contributed by atoms with Crippen LogP contribution in [0.5, 0.6) is 0 Å². The lowest BCUT2D eigenvalue weighted by molar-refractivity contribution is -0.118. The van der Waals surface area contributed by atoms with Crippen LogP contribution in [-0.2, 0) is 16.6 Å². The number of anilines is 2. The van der Waals surface area contributed by atoms with Crippen LogP contribution in [0.4, 0.5) is 11.6 Å². The molecule has 2 aromatic rings. The third kappa shape index (κ3) is 1.60. The number of hydrogen-bond acceptors (Lipinski definition) is 6. The van der Waals surface area contributed by atoms with Gasteiger partial charge in [-0.3, -0.25) is 4.79 Å². The van der Waals surface area contributed by atoms with E-state index < -0.39 is 5.41 Å². The maximum Gasteiger partial charge on any atom is 0.246 e. The van der Waals surface area contributed by atoms with E-state index in [0.717, 1.165) is 6.42 Å². The minimum Gasteiger partial charge on any atom is -0.425 e. The first-order chi connectivity index (χ1) is 11.6. The van der Waals surface area contributed by atoms with Crippen molar-refractivity contribution >= 4 is 17.5 Å². The van der Waals surface area contributed by atoms with Crippen LogP contribution in [0.15, 0.2) is 40.1 Å². The van der Waals surface area contributed by atoms with E-state index in [1.807, 2.05) is 19.1 Å². The molecule has 4 N–H and O–H groups in total. The Labute approximate surface area is 138 Å². The number of para-hydroxylation sites is 1. The molecule has 0 aliphatic carbocycles. The molecule has 0 fully saturated rings. The van der Waals surface area contributed by atoms with Crippen LogP contribution in [0.2, 0.25) is 0 Å². The molecule has 1 amide bonds. The van der Waals surface area contributed by atoms with Gasteiger partial charge >= 0.3 is 0 Å². The topological polar surface area (TPSA) is 117 Å². The molecule has 1 aromatic heterocycles. The molecule has 3 heterocycles. The Morgan fingerprint density at radius 1 is 1.38 bits per heavy atom. The van der Waals surface area contributed by atoms with Crippen molar-refractivity contribution < 1.29 is 9.21 Å². The molecule has 7 nitrogen and oxygen atoms in total. The van der Waals surface area contributed by atoms with Gasteiger partial charge in [0.25, 0.3) is 0 Å². The van der Waals surface area contributed by atoms with E-state index in [9.17, 15) is 10.1 Å². The van der Waals surface area contributed by atoms with Crippen LogP contribution in [0.1, 0.15) is 30.5 Å². The van der Waals surface area contributed by atoms with Crippen molar-refractivity contribution in [3.63, 3.8) is 0 Å². The molecule has 4 rings (SSSR count). The van der Waals surface area contributed by atoms with E-state index >= 15 is 0 Å². The number of nitrogens with zero attached hydrogens (tertiary/aromatic N) is 2. The molecule has 0 radical (unpaired) electrons. The summed E-state index contributed by atoms with van der Waals surface area (Å²) in [6.45, 7) is 2.01. The summed E-state index contributed by atoms with van der Waals surface area (Å²) in [4.78, 5) is 17.5. The highest BCUT2D eigenvalue weighted by molar-refractivity contribution is 6.12. The van der Waals surface area contributed by atoms with Crippen molar-refractivity contribution in [1.82, 2.24) is 4.98 Å². The van der Waals surface area contributed by atoms with E-state index in [1.54, 1.807) is 12.1 Å². The van der Waals surface area contributed by atoms with Gasteiger partial charge in [0.05, 0.1) is 5.57 Å². The maximum absolute atomic E-state index is 13.0. The van der Waals surface area contributed by atoms with Gasteiger partial charge in [-0.2, -0.15) is 5.26 Å². The van der Waals surface area contributed by atoms with Crippen molar-refractivity contribution in [1.29, 1.82) is 5.26 Å². The van der Waals surface area contributed by atoms with Crippen LogP contribution in [-0.4, -0.2) is 10.9 Å². The number of amides is 1. The molecular formula is C17H15N5O2. The molecule has 7 heteroatoms. The summed E-state index contributed by atoms with van der Waals surface area (Å²) in [6.07, 6.45) is 1.49. The summed E-state index contributed by atoms with van der Waals surface area (Å²) in [6, 6.07) is 9.33. The van der Waals surface area contributed by atoms with E-state index in [1.165, 1.54) is 0 Å². The number of nitrogens with one attached hydrogen (secondary N) is 2. The van der Waals surface area contributed by atoms with Crippen LogP contribution in [0.25, 0.3) is 0 Å². The highest BCUT2D eigenvalue weighted by Gasteiger charge is 2.58. The standard InChI is InChI=1S/C17H15N5O2/c1-2-5-12-21-13-15(24-12)22-14(19)10(8-18)17(13)9-6-3-4-7-11(9)20-16(17)23/h3-4,6-7,22H,2,5,19H2,1H3,(H,20,23)/t17-/m1/s1. The number of nitriles is 1. The van der Waals surface area contributed by atoms with Crippen molar-refractivity contribution in [3.8, 4) is 6.07 Å². The van der Waals surface area contributed by atoms with Gasteiger partial charge in [0.2, 0.25) is 11.8 Å². The molecule has 0 saturated carbocycles. The Morgan fingerprint density at radius 2 is 2.17 bits per heavy atom. The quantitative estimate of drug-likeness (QED) is 0.778. The minimum absolute atomic E-state index is 0.107. The molecule has 1 aromatic carbocycles. The van der Waals surface area contributed by atoms with Gasteiger partial charge in [-0.1, -0.05) is 25.1 Å². The largest absolute Gasteiger partial charge is 0.425 e. The number of aromatic nitrogens is 1. The van der Waals surface area contributed by atoms with Gasteiger partial charge in [0, 0.05) is 17.7 Å². The second-order valence-corrected chi connectivity index (χ2v) is 5.81. The zero-order valence-electron chi connectivity index (χ0n) is 13.0. The maximum atomic E-state index is 13.0. The normalized spacial score (nSPS) is 21.1. The van der Waals surface area contributed by atoms with Crippen molar-refractivity contribution in [2.24, 2.45) is 5.73 Å². The van der Waals surface area contributed by atoms with Gasteiger partial charge < -0.3 is 20.8 Å². The Kier molecular flexibility index (Phi) is 2.90. The van der Waals surface area contributed by atoms with Gasteiger partial charge in [0.15, 0.2) is 11.3 Å². The van der Waals surface area contributed by atoms with Crippen LogP contribution >= 0.6 is 0 Å². The summed E-state index contributed by atoms with van der Waals surface area (Å²) in [5.41, 5.74) is 6.50. The molecule has 120 valence electrons. The molecule has 0 unspecified atom stereocenters. The fourth-order valence-corrected chi connectivity index (χ4v) is 3.41. The van der Waals surface area contributed by atoms with Gasteiger partial charge in [-0.25, -0.2) is 4.98 Å². The number of nitrogens with two attached hydrogens (primary N) is 1. The van der Waals surface area contributed by atoms with Gasteiger partial charge in [0.1, 0.15) is 17.6 Å². The lowest BCUT2D eigenvalue weighted by Crippen LogP contribution is -2.43. The number of carbonyl (C=O) groups excluding carboxylic acids is 1. The van der Waals surface area contributed by atoms with Crippen molar-refractivity contribution in [2.75, 3.05) is 10.6 Å². The third-order valence-electron chi connectivity index (χ3n) is 4.41. The zero-order chi connectivity index (χ0) is 16.9. The minimum atomic E-state index is -1.37. The second-order valence-electron chi connectivity index (χ2n) is 5.81. The molecule has 24 heavy (non-hydrogen) atoms. The highest BCUT2D eigenvalue weighted by Crippen LogP contribution is 2.52. The van der Waals surface area contributed by atoms with Crippen LogP contribution in [0, 0.1) is 11.3 Å². The summed E-state index contributed by atoms with van der Waals surface area (Å²) >= 11 is 0. The number of oxazole rings is 1. The number of aryl methyl sites for hydroxylation is 1. The molecule has 0 bridgehead atoms. The fraction of sp³-hybridized carbons (Fsp3) is 0.235. The average molecular weight is 321 g/mol. The number of fused-ring (bicyclic) bond motifs is 4. The Morgan fingerprint density at radius 3 is 2.92 bits per heavy atom. The zero-order valence-corrected chi connectivity index (χ0v) is 13.0. The molecule has 1 spiro atoms. The molecule has 2 aliphatic heterocycles. The first kappa shape index (κ1) is 14.3. The smallest absolute Gasteiger partial charge is 0.246 e. The fourth-order valence-electron chi connectivity index (χ4n) is 3.41. The van der Waals surface area contributed by atoms with Crippen LogP contribution < -0.4 is 16.4 Å². The van der Waals surface area contributed by atoms with E-state index in [-0.39, 0.29) is 17.3 Å². The molecule has 1 atom stereocenters. The third-order valence-corrected chi connectivity index (χ3v) is 4.41. The summed E-state index contributed by atoms with van der Waals surface area (Å²) in [7, 11) is 0. The van der Waals surface area contributed by atoms with Crippen molar-refractivity contribution in [3.05, 3.63) is 52.8 Å². The first-order valence-electron chi connectivity index (χ1n) is 7.71. The Hall–Kier alpha value is -3.27. The van der Waals surface area contributed by atoms with Gasteiger partial charge in [-0.15, -0.1) is 0 Å². The first-order valence-corrected chi connectivity index (χ1v) is 7.71.